The number of hydrogen-bond acceptors (Lipinski definition) is 7. The third kappa shape index (κ3) is 190000. The molecule has 0 aliphatic carbocycles. The molecule has 0 aliphatic heterocycles. The summed E-state index contributed by atoms with van der Waals surface area (Å²) in [6.07, 6.45) is 0. The van der Waals surface area contributed by atoms with Gasteiger partial charge in [-0.1, -0.05) is 0 Å². The SMILES string of the molecule is O.O.O.O.O.O.O.O.O.O.O.O.O.O.O=S(=O)([O-])[O-].O=[N+]([O-])[O-].[Zn+2].[Zn+2]. The molecule has 0 fully saturated rings. The fraction of sp³-hybridized carbons (Fsp3) is 0. The van der Waals surface area contributed by atoms with E-state index in [9.17, 15) is 0 Å². The molecule has 25 heteroatoms. The van der Waals surface area contributed by atoms with Crippen LogP contribution in [0.3, 0.4) is 0 Å². The second-order valence-electron chi connectivity index (χ2n) is 0.632. The topological polar surface area (TPSA) is 587 Å². The quantitative estimate of drug-likeness (QED) is 0.0935. The zero-order valence-electron chi connectivity index (χ0n) is 12.1. The molecule has 0 bridgehead atoms. The first-order chi connectivity index (χ1) is 3.73. The van der Waals surface area contributed by atoms with E-state index in [1.165, 1.54) is 0 Å². The first-order valence-corrected chi connectivity index (χ1v) is 2.55. The Labute approximate surface area is 164 Å². The van der Waals surface area contributed by atoms with Crippen molar-refractivity contribution in [2.75, 3.05) is 0 Å². The van der Waals surface area contributed by atoms with Gasteiger partial charge in [-0.15, -0.1) is 0 Å². The molecule has 0 aromatic carbocycles. The summed E-state index contributed by atoms with van der Waals surface area (Å²) in [6, 6.07) is 0. The molecule has 25 heavy (non-hydrogen) atoms. The molecule has 0 aliphatic rings. The maximum Gasteiger partial charge on any atom is 2.00 e. The summed E-state index contributed by atoms with van der Waals surface area (Å²) in [7, 11) is -5.17. The molecule has 0 radical (unpaired) electrons. The molecule has 0 aromatic heterocycles. The summed E-state index contributed by atoms with van der Waals surface area (Å²) in [4.78, 5) is 8.25. The molecule has 0 amide bonds. The summed E-state index contributed by atoms with van der Waals surface area (Å²) < 4.78 is 34.1. The van der Waals surface area contributed by atoms with Crippen LogP contribution in [0.15, 0.2) is 0 Å². The van der Waals surface area contributed by atoms with Gasteiger partial charge in [0.15, 0.2) is 0 Å². The predicted octanol–water partition coefficient (Wildman–Crippen LogP) is -13.1. The third-order valence-corrected chi connectivity index (χ3v) is 0. The Hall–Kier alpha value is -0.243. The van der Waals surface area contributed by atoms with Crippen molar-refractivity contribution >= 4 is 10.4 Å². The molecule has 0 atom stereocenters. The third-order valence-electron chi connectivity index (χ3n) is 0. The Morgan fingerprint density at radius 1 is 0.480 bits per heavy atom. The van der Waals surface area contributed by atoms with E-state index in [0.29, 0.717) is 0 Å². The Morgan fingerprint density at radius 3 is 0.480 bits per heavy atom. The Morgan fingerprint density at radius 2 is 0.480 bits per heavy atom. The van der Waals surface area contributed by atoms with Crippen molar-refractivity contribution in [3.8, 4) is 0 Å². The number of nitrogens with zero attached hydrogens (tertiary/aromatic N) is 1. The molecule has 0 aromatic rings. The monoisotopic (exact) mass is 538 g/mol. The van der Waals surface area contributed by atoms with E-state index in [-0.39, 0.29) is 116 Å². The average molecular weight is 541 g/mol. The molecular formula is H28NO21SZn2+. The second kappa shape index (κ2) is 160. The molecule has 0 spiro atoms. The maximum atomic E-state index is 8.52. The van der Waals surface area contributed by atoms with Crippen molar-refractivity contribution in [2.45, 2.75) is 0 Å². The zero-order valence-corrected chi connectivity index (χ0v) is 18.9. The summed E-state index contributed by atoms with van der Waals surface area (Å²) in [5.41, 5.74) is 0. The molecular weight excluding hydrogens is 513 g/mol. The molecule has 168 valence electrons. The first-order valence-electron chi connectivity index (χ1n) is 1.21. The fourth-order valence-corrected chi connectivity index (χ4v) is 0. The van der Waals surface area contributed by atoms with Crippen molar-refractivity contribution in [3.05, 3.63) is 15.3 Å². The van der Waals surface area contributed by atoms with E-state index in [4.69, 9.17) is 32.8 Å². The van der Waals surface area contributed by atoms with Crippen LogP contribution in [-0.2, 0) is 49.4 Å². The molecule has 0 unspecified atom stereocenters. The van der Waals surface area contributed by atoms with Crippen LogP contribution >= 0.6 is 0 Å². The standard InChI is InChI=1S/NO3.H2O4S.14H2O.2Zn/c2-1(3)4;1-5(2,3)4;;;;;;;;;;;;;;;;/h;(H2,1,2,3,4);14*1H2;;/q-1;;;;;;;;;;;;;;;;2*+2/p-2. The van der Waals surface area contributed by atoms with Gasteiger partial charge in [0.05, 0.1) is 5.09 Å². The van der Waals surface area contributed by atoms with Crippen molar-refractivity contribution < 1.29 is 138 Å². The van der Waals surface area contributed by atoms with Gasteiger partial charge in [-0.2, -0.15) is 0 Å². The van der Waals surface area contributed by atoms with Crippen LogP contribution in [0.4, 0.5) is 0 Å². The van der Waals surface area contributed by atoms with Gasteiger partial charge in [0.2, 0.25) is 0 Å². The molecule has 0 saturated heterocycles. The van der Waals surface area contributed by atoms with Crippen molar-refractivity contribution in [1.82, 2.24) is 0 Å². The van der Waals surface area contributed by atoms with Crippen LogP contribution in [0.5, 0.6) is 0 Å². The minimum Gasteiger partial charge on any atom is -0.759 e. The van der Waals surface area contributed by atoms with Gasteiger partial charge in [-0.3, -0.25) is 8.42 Å². The zero-order chi connectivity index (χ0) is 8.08. The van der Waals surface area contributed by atoms with Gasteiger partial charge in [0, 0.05) is 10.4 Å². The van der Waals surface area contributed by atoms with Gasteiger partial charge < -0.3 is 101 Å². The molecule has 0 heterocycles. The molecule has 22 nitrogen and oxygen atoms in total. The van der Waals surface area contributed by atoms with Crippen LogP contribution in [0, 0.1) is 15.3 Å². The van der Waals surface area contributed by atoms with Crippen molar-refractivity contribution in [3.63, 3.8) is 0 Å². The van der Waals surface area contributed by atoms with Crippen LogP contribution in [0.25, 0.3) is 0 Å². The van der Waals surface area contributed by atoms with Gasteiger partial charge in [0.1, 0.15) is 0 Å². The Balaban J connectivity index is -0.00000000150. The summed E-state index contributed by atoms with van der Waals surface area (Å²) >= 11 is 0. The maximum absolute atomic E-state index is 8.52. The van der Waals surface area contributed by atoms with E-state index >= 15 is 0 Å². The minimum atomic E-state index is -5.17. The van der Waals surface area contributed by atoms with E-state index in [1.807, 2.05) is 0 Å². The Bertz CT molecular complexity index is 164. The fourth-order valence-electron chi connectivity index (χ4n) is 0. The van der Waals surface area contributed by atoms with Crippen LogP contribution in [-0.4, -0.2) is 99.3 Å². The number of hydrogen-bond donors (Lipinski definition) is 0. The summed E-state index contributed by atoms with van der Waals surface area (Å²) in [6.45, 7) is 0. The predicted molar refractivity (Wildman–Crippen MR) is 71.4 cm³/mol. The van der Waals surface area contributed by atoms with Gasteiger partial charge in [0.25, 0.3) is 0 Å². The largest absolute Gasteiger partial charge is 2.00 e. The van der Waals surface area contributed by atoms with Crippen LogP contribution in [0.2, 0.25) is 0 Å². The van der Waals surface area contributed by atoms with E-state index in [2.05, 4.69) is 0 Å². The second-order valence-corrected chi connectivity index (χ2v) is 1.45. The van der Waals surface area contributed by atoms with Crippen LogP contribution in [0.1, 0.15) is 0 Å². The van der Waals surface area contributed by atoms with Crippen molar-refractivity contribution in [2.24, 2.45) is 0 Å². The number of rotatable bonds is 0. The van der Waals surface area contributed by atoms with E-state index in [1.54, 1.807) is 0 Å². The molecule has 28 N–H and O–H groups in total. The van der Waals surface area contributed by atoms with Crippen LogP contribution < -0.4 is 0 Å². The van der Waals surface area contributed by atoms with Crippen molar-refractivity contribution in [1.29, 1.82) is 0 Å². The first kappa shape index (κ1) is 306. The molecule has 0 saturated carbocycles. The van der Waals surface area contributed by atoms with E-state index < -0.39 is 15.5 Å². The Kier molecular flexibility index (Phi) is 1960. The van der Waals surface area contributed by atoms with Gasteiger partial charge >= 0.3 is 39.0 Å². The average Bonchev–Trinajstić information content (AvgIpc) is 1.19. The summed E-state index contributed by atoms with van der Waals surface area (Å²) in [5, 5.41) is 14.8. The van der Waals surface area contributed by atoms with E-state index in [0.717, 1.165) is 0 Å². The molecule has 0 rings (SSSR count). The smallest absolute Gasteiger partial charge is 0.759 e. The minimum absolute atomic E-state index is 0. The van der Waals surface area contributed by atoms with Gasteiger partial charge in [-0.25, -0.2) is 0 Å². The van der Waals surface area contributed by atoms with Gasteiger partial charge in [-0.05, 0) is 0 Å². The normalized spacial score (nSPS) is 3.28. The summed E-state index contributed by atoms with van der Waals surface area (Å²) in [5.74, 6) is 0.